The highest BCUT2D eigenvalue weighted by Crippen LogP contribution is 2.18. The lowest BCUT2D eigenvalue weighted by Crippen LogP contribution is -2.14. The van der Waals surface area contributed by atoms with Crippen LogP contribution in [0.15, 0.2) is 47.6 Å². The molecule has 0 radical (unpaired) electrons. The molecule has 1 aromatic heterocycles. The van der Waals surface area contributed by atoms with Gasteiger partial charge in [-0.15, -0.1) is 0 Å². The third-order valence-corrected chi connectivity index (χ3v) is 3.90. The highest BCUT2D eigenvalue weighted by Gasteiger charge is 2.08. The van der Waals surface area contributed by atoms with Crippen LogP contribution in [0.25, 0.3) is 0 Å². The van der Waals surface area contributed by atoms with Gasteiger partial charge in [-0.3, -0.25) is 4.79 Å². The lowest BCUT2D eigenvalue weighted by atomic mass is 10.2. The number of thioether (sulfide) groups is 1. The van der Waals surface area contributed by atoms with E-state index in [0.717, 1.165) is 5.03 Å². The molecular formula is C16H15ClN2O3S. The normalized spacial score (nSPS) is 10.2. The van der Waals surface area contributed by atoms with Crippen LogP contribution in [-0.4, -0.2) is 29.2 Å². The van der Waals surface area contributed by atoms with E-state index in [0.29, 0.717) is 22.9 Å². The van der Waals surface area contributed by atoms with Gasteiger partial charge < -0.3 is 10.1 Å². The van der Waals surface area contributed by atoms with Crippen molar-refractivity contribution in [2.24, 2.45) is 0 Å². The average Bonchev–Trinajstić information content (AvgIpc) is 2.55. The first-order valence-corrected chi connectivity index (χ1v) is 8.26. The highest BCUT2D eigenvalue weighted by molar-refractivity contribution is 7.99. The molecule has 2 rings (SSSR count). The zero-order valence-electron chi connectivity index (χ0n) is 12.4. The summed E-state index contributed by atoms with van der Waals surface area (Å²) >= 11 is 7.07. The van der Waals surface area contributed by atoms with Gasteiger partial charge in [0.2, 0.25) is 5.91 Å². The van der Waals surface area contributed by atoms with E-state index in [4.69, 9.17) is 16.3 Å². The van der Waals surface area contributed by atoms with Crippen LogP contribution in [0.4, 0.5) is 5.69 Å². The SMILES string of the molecule is CCOC(=O)c1ccc(NC(=O)CSc2ccc(Cl)cn2)cc1. The molecular weight excluding hydrogens is 336 g/mol. The topological polar surface area (TPSA) is 68.3 Å². The van der Waals surface area contributed by atoms with Gasteiger partial charge in [0.25, 0.3) is 0 Å². The predicted octanol–water partition coefficient (Wildman–Crippen LogP) is 3.64. The zero-order valence-corrected chi connectivity index (χ0v) is 14.0. The van der Waals surface area contributed by atoms with Crippen LogP contribution in [0, 0.1) is 0 Å². The fourth-order valence-corrected chi connectivity index (χ4v) is 2.44. The van der Waals surface area contributed by atoms with Crippen molar-refractivity contribution < 1.29 is 14.3 Å². The molecule has 7 heteroatoms. The van der Waals surface area contributed by atoms with Crippen LogP contribution >= 0.6 is 23.4 Å². The van der Waals surface area contributed by atoms with Crippen LogP contribution < -0.4 is 5.32 Å². The molecule has 0 aliphatic carbocycles. The minimum absolute atomic E-state index is 0.157. The average molecular weight is 351 g/mol. The number of hydrogen-bond donors (Lipinski definition) is 1. The van der Waals surface area contributed by atoms with E-state index in [1.165, 1.54) is 18.0 Å². The lowest BCUT2D eigenvalue weighted by Gasteiger charge is -2.06. The van der Waals surface area contributed by atoms with Gasteiger partial charge >= 0.3 is 5.97 Å². The fourth-order valence-electron chi connectivity index (χ4n) is 1.69. The summed E-state index contributed by atoms with van der Waals surface area (Å²) in [6.45, 7) is 2.08. The third kappa shape index (κ3) is 5.58. The first-order chi connectivity index (χ1) is 11.1. The number of carbonyl (C=O) groups is 2. The Balaban J connectivity index is 1.85. The number of aromatic nitrogens is 1. The van der Waals surface area contributed by atoms with Crippen molar-refractivity contribution in [2.45, 2.75) is 11.9 Å². The number of anilines is 1. The van der Waals surface area contributed by atoms with Crippen molar-refractivity contribution in [2.75, 3.05) is 17.7 Å². The largest absolute Gasteiger partial charge is 0.462 e. The first kappa shape index (κ1) is 17.3. The standard InChI is InChI=1S/C16H15ClN2O3S/c1-2-22-16(21)11-3-6-13(7-4-11)19-14(20)10-23-15-8-5-12(17)9-18-15/h3-9H,2,10H2,1H3,(H,19,20). The van der Waals surface area contributed by atoms with Gasteiger partial charge in [-0.05, 0) is 43.3 Å². The van der Waals surface area contributed by atoms with Gasteiger partial charge in [-0.25, -0.2) is 9.78 Å². The lowest BCUT2D eigenvalue weighted by molar-refractivity contribution is -0.113. The number of benzene rings is 1. The summed E-state index contributed by atoms with van der Waals surface area (Å²) < 4.78 is 4.90. The van der Waals surface area contributed by atoms with Gasteiger partial charge in [0.15, 0.2) is 0 Å². The molecule has 0 aliphatic heterocycles. The quantitative estimate of drug-likeness (QED) is 0.636. The number of esters is 1. The summed E-state index contributed by atoms with van der Waals surface area (Å²) in [6, 6.07) is 10.0. The molecule has 0 spiro atoms. The summed E-state index contributed by atoms with van der Waals surface area (Å²) in [4.78, 5) is 27.5. The van der Waals surface area contributed by atoms with E-state index in [1.807, 2.05) is 0 Å². The van der Waals surface area contributed by atoms with E-state index < -0.39 is 0 Å². The number of amides is 1. The molecule has 0 saturated carbocycles. The number of nitrogens with one attached hydrogen (secondary N) is 1. The smallest absolute Gasteiger partial charge is 0.338 e. The van der Waals surface area contributed by atoms with Crippen LogP contribution in [0.2, 0.25) is 5.02 Å². The highest BCUT2D eigenvalue weighted by atomic mass is 35.5. The molecule has 5 nitrogen and oxygen atoms in total. The molecule has 0 aliphatic rings. The molecule has 120 valence electrons. The summed E-state index contributed by atoms with van der Waals surface area (Å²) in [6.07, 6.45) is 1.54. The van der Waals surface area contributed by atoms with Gasteiger partial charge in [-0.1, -0.05) is 23.4 Å². The molecule has 0 unspecified atom stereocenters. The summed E-state index contributed by atoms with van der Waals surface area (Å²) in [5.74, 6) is -0.306. The summed E-state index contributed by atoms with van der Waals surface area (Å²) in [5, 5.41) is 4.04. The second kappa shape index (κ2) is 8.55. The minimum Gasteiger partial charge on any atom is -0.462 e. The second-order valence-electron chi connectivity index (χ2n) is 4.45. The summed E-state index contributed by atoms with van der Waals surface area (Å²) in [5.41, 5.74) is 1.07. The van der Waals surface area contributed by atoms with E-state index in [-0.39, 0.29) is 17.6 Å². The van der Waals surface area contributed by atoms with Crippen molar-refractivity contribution >= 4 is 40.9 Å². The number of carbonyl (C=O) groups excluding carboxylic acids is 2. The molecule has 2 aromatic rings. The Morgan fingerprint density at radius 1 is 1.22 bits per heavy atom. The predicted molar refractivity (Wildman–Crippen MR) is 91.0 cm³/mol. The second-order valence-corrected chi connectivity index (χ2v) is 5.88. The zero-order chi connectivity index (χ0) is 16.7. The summed E-state index contributed by atoms with van der Waals surface area (Å²) in [7, 11) is 0. The molecule has 0 bridgehead atoms. The van der Waals surface area contributed by atoms with Crippen molar-refractivity contribution in [3.63, 3.8) is 0 Å². The number of halogens is 1. The maximum absolute atomic E-state index is 11.9. The molecule has 1 heterocycles. The van der Waals surface area contributed by atoms with Crippen LogP contribution in [0.5, 0.6) is 0 Å². The van der Waals surface area contributed by atoms with E-state index >= 15 is 0 Å². The Kier molecular flexibility index (Phi) is 6.43. The monoisotopic (exact) mass is 350 g/mol. The first-order valence-electron chi connectivity index (χ1n) is 6.90. The Morgan fingerprint density at radius 3 is 2.57 bits per heavy atom. The number of ether oxygens (including phenoxy) is 1. The fraction of sp³-hybridized carbons (Fsp3) is 0.188. The molecule has 1 amide bonds. The van der Waals surface area contributed by atoms with Gasteiger partial charge in [0, 0.05) is 11.9 Å². The molecule has 23 heavy (non-hydrogen) atoms. The van der Waals surface area contributed by atoms with Gasteiger partial charge in [0.1, 0.15) is 0 Å². The van der Waals surface area contributed by atoms with Crippen molar-refractivity contribution in [3.8, 4) is 0 Å². The van der Waals surface area contributed by atoms with Crippen molar-refractivity contribution in [1.82, 2.24) is 4.98 Å². The van der Waals surface area contributed by atoms with Gasteiger partial charge in [0.05, 0.1) is 28.0 Å². The Labute approximate surface area is 143 Å². The van der Waals surface area contributed by atoms with E-state index in [2.05, 4.69) is 10.3 Å². The number of pyridine rings is 1. The maximum atomic E-state index is 11.9. The van der Waals surface area contributed by atoms with E-state index in [1.54, 1.807) is 43.3 Å². The molecule has 1 aromatic carbocycles. The Hall–Kier alpha value is -2.05. The molecule has 0 atom stereocenters. The van der Waals surface area contributed by atoms with Crippen molar-refractivity contribution in [1.29, 1.82) is 0 Å². The Bertz CT molecular complexity index is 675. The van der Waals surface area contributed by atoms with Crippen molar-refractivity contribution in [3.05, 3.63) is 53.2 Å². The van der Waals surface area contributed by atoms with E-state index in [9.17, 15) is 9.59 Å². The molecule has 1 N–H and O–H groups in total. The maximum Gasteiger partial charge on any atom is 0.338 e. The molecule has 0 saturated heterocycles. The van der Waals surface area contributed by atoms with Crippen LogP contribution in [0.3, 0.4) is 0 Å². The van der Waals surface area contributed by atoms with Crippen LogP contribution in [0.1, 0.15) is 17.3 Å². The number of nitrogens with zero attached hydrogens (tertiary/aromatic N) is 1. The third-order valence-electron chi connectivity index (χ3n) is 2.73. The molecule has 0 fully saturated rings. The number of hydrogen-bond acceptors (Lipinski definition) is 5. The Morgan fingerprint density at radius 2 is 1.96 bits per heavy atom. The minimum atomic E-state index is -0.380. The van der Waals surface area contributed by atoms with Gasteiger partial charge in [-0.2, -0.15) is 0 Å². The van der Waals surface area contributed by atoms with Crippen LogP contribution in [-0.2, 0) is 9.53 Å². The number of rotatable bonds is 6.